The van der Waals surface area contributed by atoms with E-state index in [2.05, 4.69) is 24.1 Å². The van der Waals surface area contributed by atoms with Crippen LogP contribution in [0.4, 0.5) is 0 Å². The molecule has 0 aliphatic heterocycles. The van der Waals surface area contributed by atoms with Crippen molar-refractivity contribution >= 4 is 0 Å². The molecule has 1 aromatic heterocycles. The van der Waals surface area contributed by atoms with Crippen LogP contribution in [0.5, 0.6) is 5.75 Å². The van der Waals surface area contributed by atoms with Gasteiger partial charge in [0.25, 0.3) is 5.56 Å². The van der Waals surface area contributed by atoms with Gasteiger partial charge in [0, 0.05) is 32.4 Å². The van der Waals surface area contributed by atoms with Gasteiger partial charge in [-0.05, 0) is 42.8 Å². The number of aryl methyl sites for hydroxylation is 2. The molecule has 0 amide bonds. The minimum absolute atomic E-state index is 0.0289. The molecule has 0 saturated carbocycles. The Morgan fingerprint density at radius 2 is 1.81 bits per heavy atom. The van der Waals surface area contributed by atoms with Crippen LogP contribution in [0.2, 0.25) is 0 Å². The highest BCUT2D eigenvalue weighted by Gasteiger charge is 2.05. The Kier molecular flexibility index (Phi) is 4.81. The standard InChI is InChI=1S/C17H22N2O2/c1-13-9-14(5-6-16(13)21-4)11-18(2)12-15-7-8-19(3)17(20)10-15/h5-10H,11-12H2,1-4H3. The van der Waals surface area contributed by atoms with Gasteiger partial charge in [-0.3, -0.25) is 9.69 Å². The van der Waals surface area contributed by atoms with Gasteiger partial charge in [-0.1, -0.05) is 12.1 Å². The molecule has 0 radical (unpaired) electrons. The summed E-state index contributed by atoms with van der Waals surface area (Å²) in [5.41, 5.74) is 3.43. The number of methoxy groups -OCH3 is 1. The fourth-order valence-electron chi connectivity index (χ4n) is 2.41. The molecule has 2 rings (SSSR count). The van der Waals surface area contributed by atoms with Gasteiger partial charge in [-0.25, -0.2) is 0 Å². The van der Waals surface area contributed by atoms with Crippen molar-refractivity contribution in [3.05, 3.63) is 63.6 Å². The molecule has 0 fully saturated rings. The van der Waals surface area contributed by atoms with E-state index in [1.54, 1.807) is 24.8 Å². The van der Waals surface area contributed by atoms with Crippen molar-refractivity contribution in [2.75, 3.05) is 14.2 Å². The van der Waals surface area contributed by atoms with Gasteiger partial charge in [0.1, 0.15) is 5.75 Å². The Hall–Kier alpha value is -2.07. The lowest BCUT2D eigenvalue weighted by molar-refractivity contribution is 0.318. The lowest BCUT2D eigenvalue weighted by Crippen LogP contribution is -2.20. The van der Waals surface area contributed by atoms with E-state index in [-0.39, 0.29) is 5.56 Å². The monoisotopic (exact) mass is 286 g/mol. The average Bonchev–Trinajstić information content (AvgIpc) is 2.43. The van der Waals surface area contributed by atoms with Crippen molar-refractivity contribution in [2.45, 2.75) is 20.0 Å². The van der Waals surface area contributed by atoms with Gasteiger partial charge >= 0.3 is 0 Å². The third kappa shape index (κ3) is 3.95. The van der Waals surface area contributed by atoms with Gasteiger partial charge in [-0.15, -0.1) is 0 Å². The van der Waals surface area contributed by atoms with Crippen molar-refractivity contribution in [3.63, 3.8) is 0 Å². The molecule has 112 valence electrons. The minimum Gasteiger partial charge on any atom is -0.496 e. The maximum absolute atomic E-state index is 11.6. The summed E-state index contributed by atoms with van der Waals surface area (Å²) in [5.74, 6) is 0.910. The molecule has 0 bridgehead atoms. The Balaban J connectivity index is 2.04. The van der Waals surface area contributed by atoms with Crippen molar-refractivity contribution < 1.29 is 4.74 Å². The summed E-state index contributed by atoms with van der Waals surface area (Å²) in [6, 6.07) is 9.88. The third-order valence-corrected chi connectivity index (χ3v) is 3.53. The summed E-state index contributed by atoms with van der Waals surface area (Å²) in [6.45, 7) is 3.63. The number of pyridine rings is 1. The van der Waals surface area contributed by atoms with Crippen LogP contribution in [0, 0.1) is 6.92 Å². The van der Waals surface area contributed by atoms with Crippen LogP contribution in [0.3, 0.4) is 0 Å². The minimum atomic E-state index is 0.0289. The Labute approximate surface area is 125 Å². The number of benzene rings is 1. The van der Waals surface area contributed by atoms with E-state index in [4.69, 9.17) is 4.74 Å². The Morgan fingerprint density at radius 3 is 2.38 bits per heavy atom. The lowest BCUT2D eigenvalue weighted by Gasteiger charge is -2.17. The first kappa shape index (κ1) is 15.3. The normalized spacial score (nSPS) is 10.9. The molecule has 2 aromatic rings. The zero-order valence-electron chi connectivity index (χ0n) is 13.1. The van der Waals surface area contributed by atoms with E-state index in [1.165, 1.54) is 5.56 Å². The number of ether oxygens (including phenoxy) is 1. The fraction of sp³-hybridized carbons (Fsp3) is 0.353. The van der Waals surface area contributed by atoms with E-state index >= 15 is 0 Å². The van der Waals surface area contributed by atoms with Gasteiger partial charge < -0.3 is 9.30 Å². The van der Waals surface area contributed by atoms with Crippen LogP contribution in [-0.4, -0.2) is 23.6 Å². The van der Waals surface area contributed by atoms with E-state index < -0.39 is 0 Å². The van der Waals surface area contributed by atoms with Crippen LogP contribution >= 0.6 is 0 Å². The summed E-state index contributed by atoms with van der Waals surface area (Å²) in [6.07, 6.45) is 1.81. The largest absolute Gasteiger partial charge is 0.496 e. The predicted molar refractivity (Wildman–Crippen MR) is 84.6 cm³/mol. The molecule has 0 aliphatic rings. The average molecular weight is 286 g/mol. The van der Waals surface area contributed by atoms with Crippen molar-refractivity contribution in [1.82, 2.24) is 9.47 Å². The quantitative estimate of drug-likeness (QED) is 0.846. The molecule has 1 heterocycles. The van der Waals surface area contributed by atoms with Gasteiger partial charge in [0.05, 0.1) is 7.11 Å². The zero-order valence-corrected chi connectivity index (χ0v) is 13.1. The van der Waals surface area contributed by atoms with E-state index in [0.717, 1.165) is 30.0 Å². The molecule has 0 atom stereocenters. The highest BCUT2D eigenvalue weighted by Crippen LogP contribution is 2.19. The molecule has 0 aliphatic carbocycles. The van der Waals surface area contributed by atoms with Crippen LogP contribution in [0.25, 0.3) is 0 Å². The Bertz CT molecular complexity index is 677. The SMILES string of the molecule is COc1ccc(CN(C)Cc2ccn(C)c(=O)c2)cc1C. The molecule has 21 heavy (non-hydrogen) atoms. The van der Waals surface area contributed by atoms with Crippen molar-refractivity contribution in [2.24, 2.45) is 7.05 Å². The number of nitrogens with zero attached hydrogens (tertiary/aromatic N) is 2. The summed E-state index contributed by atoms with van der Waals surface area (Å²) >= 11 is 0. The van der Waals surface area contributed by atoms with E-state index in [9.17, 15) is 4.79 Å². The number of hydrogen-bond donors (Lipinski definition) is 0. The summed E-state index contributed by atoms with van der Waals surface area (Å²) in [5, 5.41) is 0. The number of rotatable bonds is 5. The molecular weight excluding hydrogens is 264 g/mol. The smallest absolute Gasteiger partial charge is 0.250 e. The highest BCUT2D eigenvalue weighted by molar-refractivity contribution is 5.36. The van der Waals surface area contributed by atoms with Crippen molar-refractivity contribution in [1.29, 1.82) is 0 Å². The molecule has 0 unspecified atom stereocenters. The first-order chi connectivity index (χ1) is 9.99. The first-order valence-corrected chi connectivity index (χ1v) is 6.97. The van der Waals surface area contributed by atoms with Gasteiger partial charge in [0.2, 0.25) is 0 Å². The molecule has 0 spiro atoms. The molecule has 4 heteroatoms. The second-order valence-corrected chi connectivity index (χ2v) is 5.46. The summed E-state index contributed by atoms with van der Waals surface area (Å²) in [7, 11) is 5.50. The van der Waals surface area contributed by atoms with E-state index in [0.29, 0.717) is 0 Å². The predicted octanol–water partition coefficient (Wildman–Crippen LogP) is 2.33. The second kappa shape index (κ2) is 6.59. The molecule has 0 saturated heterocycles. The number of aromatic nitrogens is 1. The summed E-state index contributed by atoms with van der Waals surface area (Å²) < 4.78 is 6.85. The molecule has 4 nitrogen and oxygen atoms in total. The Morgan fingerprint density at radius 1 is 1.14 bits per heavy atom. The maximum Gasteiger partial charge on any atom is 0.250 e. The molecule has 0 N–H and O–H groups in total. The van der Waals surface area contributed by atoms with E-state index in [1.807, 2.05) is 25.3 Å². The fourth-order valence-corrected chi connectivity index (χ4v) is 2.41. The van der Waals surface area contributed by atoms with Crippen LogP contribution in [0.1, 0.15) is 16.7 Å². The van der Waals surface area contributed by atoms with Crippen LogP contribution in [-0.2, 0) is 20.1 Å². The van der Waals surface area contributed by atoms with Gasteiger partial charge in [-0.2, -0.15) is 0 Å². The van der Waals surface area contributed by atoms with Crippen LogP contribution in [0.15, 0.2) is 41.3 Å². The molecular formula is C17H22N2O2. The third-order valence-electron chi connectivity index (χ3n) is 3.53. The summed E-state index contributed by atoms with van der Waals surface area (Å²) in [4.78, 5) is 13.8. The topological polar surface area (TPSA) is 34.5 Å². The second-order valence-electron chi connectivity index (χ2n) is 5.46. The van der Waals surface area contributed by atoms with Gasteiger partial charge in [0.15, 0.2) is 0 Å². The van der Waals surface area contributed by atoms with Crippen molar-refractivity contribution in [3.8, 4) is 5.75 Å². The maximum atomic E-state index is 11.6. The highest BCUT2D eigenvalue weighted by atomic mass is 16.5. The molecule has 1 aromatic carbocycles. The zero-order chi connectivity index (χ0) is 15.4. The van der Waals surface area contributed by atoms with Crippen LogP contribution < -0.4 is 10.3 Å². The number of hydrogen-bond acceptors (Lipinski definition) is 3. The lowest BCUT2D eigenvalue weighted by atomic mass is 10.1. The first-order valence-electron chi connectivity index (χ1n) is 6.97.